The number of morpholine rings is 1. The third-order valence-corrected chi connectivity index (χ3v) is 5.20. The van der Waals surface area contributed by atoms with E-state index >= 15 is 0 Å². The van der Waals surface area contributed by atoms with E-state index in [4.69, 9.17) is 4.74 Å². The molecule has 0 aromatic heterocycles. The molecule has 2 saturated heterocycles. The lowest BCUT2D eigenvalue weighted by molar-refractivity contribution is -0.123. The highest BCUT2D eigenvalue weighted by atomic mass is 79.9. The number of rotatable bonds is 3. The van der Waals surface area contributed by atoms with Crippen molar-refractivity contribution in [1.82, 2.24) is 21.0 Å². The van der Waals surface area contributed by atoms with Gasteiger partial charge in [0.05, 0.1) is 24.5 Å². The van der Waals surface area contributed by atoms with E-state index in [2.05, 4.69) is 36.9 Å². The number of Topliss-reactive ketones (excluding diaryl/α,β-unsaturated/α-hetero) is 1. The van der Waals surface area contributed by atoms with Crippen LogP contribution in [0.4, 0.5) is 5.69 Å². The number of anilines is 1. The lowest BCUT2D eigenvalue weighted by Gasteiger charge is -2.40. The summed E-state index contributed by atoms with van der Waals surface area (Å²) in [5.74, 6) is -0.165. The Morgan fingerprint density at radius 1 is 1.31 bits per heavy atom. The molecule has 1 amide bonds. The Hall–Kier alpha value is -1.78. The summed E-state index contributed by atoms with van der Waals surface area (Å²) in [4.78, 5) is 26.7. The molecule has 0 spiro atoms. The van der Waals surface area contributed by atoms with Gasteiger partial charge in [0.1, 0.15) is 12.5 Å². The normalized spacial score (nSPS) is 26.3. The molecule has 3 aliphatic rings. The molecular formula is C17H20BrN5O3. The first kappa shape index (κ1) is 17.6. The number of amides is 1. The van der Waals surface area contributed by atoms with Crippen LogP contribution in [0, 0.1) is 0 Å². The number of hydrogen-bond acceptors (Lipinski definition) is 7. The lowest BCUT2D eigenvalue weighted by atomic mass is 10.1. The summed E-state index contributed by atoms with van der Waals surface area (Å²) in [5.41, 5.74) is 5.14. The van der Waals surface area contributed by atoms with Crippen molar-refractivity contribution < 1.29 is 14.3 Å². The van der Waals surface area contributed by atoms with Crippen molar-refractivity contribution in [3.8, 4) is 0 Å². The maximum absolute atomic E-state index is 12.6. The van der Waals surface area contributed by atoms with Crippen LogP contribution in [-0.4, -0.2) is 55.3 Å². The fourth-order valence-corrected chi connectivity index (χ4v) is 3.72. The van der Waals surface area contributed by atoms with Crippen molar-refractivity contribution in [2.45, 2.75) is 19.4 Å². The van der Waals surface area contributed by atoms with E-state index < -0.39 is 0 Å². The number of carbonyl (C=O) groups is 2. The number of halogens is 1. The van der Waals surface area contributed by atoms with Crippen molar-refractivity contribution >= 4 is 33.3 Å². The van der Waals surface area contributed by atoms with Crippen LogP contribution in [-0.2, 0) is 9.53 Å². The number of nitrogens with one attached hydrogen (secondary N) is 3. The Morgan fingerprint density at radius 3 is 2.81 bits per heavy atom. The topological polar surface area (TPSA) is 85.9 Å². The van der Waals surface area contributed by atoms with Gasteiger partial charge in [-0.3, -0.25) is 24.8 Å². The molecule has 2 fully saturated rings. The Bertz CT molecular complexity index is 778. The van der Waals surface area contributed by atoms with E-state index in [1.54, 1.807) is 17.3 Å². The van der Waals surface area contributed by atoms with Gasteiger partial charge in [-0.2, -0.15) is 0 Å². The second-order valence-corrected chi connectivity index (χ2v) is 7.34. The minimum atomic E-state index is -0.319. The van der Waals surface area contributed by atoms with Gasteiger partial charge < -0.3 is 10.1 Å². The summed E-state index contributed by atoms with van der Waals surface area (Å²) in [6.45, 7) is 4.36. The fourth-order valence-electron chi connectivity index (χ4n) is 3.36. The smallest absolute Gasteiger partial charge is 0.254 e. The minimum Gasteiger partial charge on any atom is -0.379 e. The average molecular weight is 422 g/mol. The van der Waals surface area contributed by atoms with Gasteiger partial charge in [-0.1, -0.05) is 15.9 Å². The third-order valence-electron chi connectivity index (χ3n) is 4.71. The predicted octanol–water partition coefficient (Wildman–Crippen LogP) is 0.521. The van der Waals surface area contributed by atoms with E-state index in [0.29, 0.717) is 30.0 Å². The van der Waals surface area contributed by atoms with Gasteiger partial charge in [0.15, 0.2) is 5.78 Å². The van der Waals surface area contributed by atoms with E-state index in [9.17, 15) is 9.59 Å². The van der Waals surface area contributed by atoms with Crippen LogP contribution in [0.5, 0.6) is 0 Å². The van der Waals surface area contributed by atoms with E-state index in [1.165, 1.54) is 6.92 Å². The number of nitrogens with zero attached hydrogens (tertiary/aromatic N) is 2. The van der Waals surface area contributed by atoms with Gasteiger partial charge in [0, 0.05) is 29.3 Å². The summed E-state index contributed by atoms with van der Waals surface area (Å²) >= 11 is 3.40. The van der Waals surface area contributed by atoms with Gasteiger partial charge in [0.25, 0.3) is 5.91 Å². The summed E-state index contributed by atoms with van der Waals surface area (Å²) < 4.78 is 6.20. The molecule has 3 N–H and O–H groups in total. The van der Waals surface area contributed by atoms with Crippen molar-refractivity contribution in [3.05, 3.63) is 40.0 Å². The molecule has 2 unspecified atom stereocenters. The monoisotopic (exact) mass is 421 g/mol. The minimum absolute atomic E-state index is 0.0417. The first-order chi connectivity index (χ1) is 12.5. The molecule has 2 atom stereocenters. The Labute approximate surface area is 159 Å². The zero-order valence-corrected chi connectivity index (χ0v) is 15.9. The van der Waals surface area contributed by atoms with Gasteiger partial charge in [-0.05, 0) is 25.1 Å². The Morgan fingerprint density at radius 2 is 2.08 bits per heavy atom. The number of hydrazine groups is 1. The number of carbonyl (C=O) groups excluding carboxylic acids is 2. The quantitative estimate of drug-likeness (QED) is 0.613. The van der Waals surface area contributed by atoms with E-state index in [0.717, 1.165) is 17.6 Å². The predicted molar refractivity (Wildman–Crippen MR) is 99.1 cm³/mol. The molecule has 0 bridgehead atoms. The van der Waals surface area contributed by atoms with Crippen LogP contribution in [0.1, 0.15) is 17.3 Å². The molecule has 26 heavy (non-hydrogen) atoms. The molecule has 8 nitrogen and oxygen atoms in total. The molecule has 3 heterocycles. The first-order valence-corrected chi connectivity index (χ1v) is 9.28. The highest BCUT2D eigenvalue weighted by Gasteiger charge is 2.39. The molecule has 0 saturated carbocycles. The second-order valence-electron chi connectivity index (χ2n) is 6.43. The van der Waals surface area contributed by atoms with Gasteiger partial charge in [-0.25, -0.2) is 5.43 Å². The van der Waals surface area contributed by atoms with Crippen molar-refractivity contribution in [2.24, 2.45) is 0 Å². The molecule has 1 aromatic carbocycles. The van der Waals surface area contributed by atoms with Crippen molar-refractivity contribution in [1.29, 1.82) is 0 Å². The largest absolute Gasteiger partial charge is 0.379 e. The summed E-state index contributed by atoms with van der Waals surface area (Å²) in [6, 6.07) is 5.50. The average Bonchev–Trinajstić information content (AvgIpc) is 3.07. The van der Waals surface area contributed by atoms with Gasteiger partial charge in [0.2, 0.25) is 0 Å². The molecule has 138 valence electrons. The van der Waals surface area contributed by atoms with Crippen molar-refractivity contribution in [3.63, 3.8) is 0 Å². The standard InChI is InChI=1S/C17H20BrN5O3/c1-10(24)12-8-11(18)2-3-14(12)23-9-13-15(21-23)19-17(20-16(13)25)22-4-6-26-7-5-22/h2-3,8-9,15,17,19,21H,4-7H2,1H3,(H,20,25). The highest BCUT2D eigenvalue weighted by Crippen LogP contribution is 2.28. The lowest BCUT2D eigenvalue weighted by Crippen LogP contribution is -2.68. The molecule has 3 aliphatic heterocycles. The van der Waals surface area contributed by atoms with Crippen LogP contribution in [0.15, 0.2) is 34.4 Å². The maximum Gasteiger partial charge on any atom is 0.254 e. The van der Waals surface area contributed by atoms with Crippen LogP contribution >= 0.6 is 15.9 Å². The first-order valence-electron chi connectivity index (χ1n) is 8.49. The molecule has 0 radical (unpaired) electrons. The van der Waals surface area contributed by atoms with Crippen LogP contribution in [0.3, 0.4) is 0 Å². The van der Waals surface area contributed by atoms with Gasteiger partial charge in [-0.15, -0.1) is 0 Å². The van der Waals surface area contributed by atoms with Crippen LogP contribution in [0.25, 0.3) is 0 Å². The summed E-state index contributed by atoms with van der Waals surface area (Å²) in [5, 5.41) is 8.12. The number of fused-ring (bicyclic) bond motifs is 1. The molecule has 9 heteroatoms. The zero-order valence-electron chi connectivity index (χ0n) is 14.3. The number of ketones is 1. The number of hydrogen-bond donors (Lipinski definition) is 3. The second kappa shape index (κ2) is 7.09. The van der Waals surface area contributed by atoms with Crippen molar-refractivity contribution in [2.75, 3.05) is 31.3 Å². The molecule has 1 aromatic rings. The van der Waals surface area contributed by atoms with E-state index in [1.807, 2.05) is 12.1 Å². The zero-order chi connectivity index (χ0) is 18.3. The molecular weight excluding hydrogens is 402 g/mol. The fraction of sp³-hybridized carbons (Fsp3) is 0.412. The number of ether oxygens (including phenoxy) is 1. The molecule has 0 aliphatic carbocycles. The SMILES string of the molecule is CC(=O)c1cc(Br)ccc1N1C=C2C(=O)NC(N3CCOCC3)NC2N1. The Balaban J connectivity index is 1.56. The summed E-state index contributed by atoms with van der Waals surface area (Å²) in [6.07, 6.45) is 1.16. The van der Waals surface area contributed by atoms with E-state index in [-0.39, 0.29) is 24.1 Å². The van der Waals surface area contributed by atoms with Gasteiger partial charge >= 0.3 is 0 Å². The van der Waals surface area contributed by atoms with Crippen LogP contribution in [0.2, 0.25) is 0 Å². The van der Waals surface area contributed by atoms with Crippen LogP contribution < -0.4 is 21.1 Å². The Kier molecular flexibility index (Phi) is 4.80. The third kappa shape index (κ3) is 3.28. The number of benzene rings is 1. The highest BCUT2D eigenvalue weighted by molar-refractivity contribution is 9.10. The maximum atomic E-state index is 12.6. The molecule has 4 rings (SSSR count). The summed E-state index contributed by atoms with van der Waals surface area (Å²) in [7, 11) is 0.